The summed E-state index contributed by atoms with van der Waals surface area (Å²) < 4.78 is 13.3. The van der Waals surface area contributed by atoms with Gasteiger partial charge in [0, 0.05) is 21.9 Å². The molecule has 5 heteroatoms. The van der Waals surface area contributed by atoms with Gasteiger partial charge >= 0.3 is 0 Å². The van der Waals surface area contributed by atoms with Gasteiger partial charge in [0.2, 0.25) is 0 Å². The third kappa shape index (κ3) is 2.73. The molecule has 1 saturated heterocycles. The highest BCUT2D eigenvalue weighted by Crippen LogP contribution is 2.68. The third-order valence-electron chi connectivity index (χ3n) is 9.56. The zero-order valence-corrected chi connectivity index (χ0v) is 19.0. The molecule has 30 heavy (non-hydrogen) atoms. The predicted molar refractivity (Wildman–Crippen MR) is 116 cm³/mol. The van der Waals surface area contributed by atoms with Gasteiger partial charge in [-0.15, -0.1) is 5.92 Å². The second kappa shape index (κ2) is 6.76. The van der Waals surface area contributed by atoms with Crippen molar-refractivity contribution in [2.75, 3.05) is 0 Å². The van der Waals surface area contributed by atoms with Crippen molar-refractivity contribution in [2.24, 2.45) is 39.6 Å². The summed E-state index contributed by atoms with van der Waals surface area (Å²) in [5.74, 6) is 8.13. The lowest BCUT2D eigenvalue weighted by molar-refractivity contribution is -0.173. The topological polar surface area (TPSA) is 67.2 Å². The molecule has 0 radical (unpaired) electrons. The number of allylic oxidation sites excluding steroid dienone is 2. The average molecular weight is 410 g/mol. The number of azide groups is 1. The molecule has 0 N–H and O–H groups in total. The zero-order chi connectivity index (χ0) is 21.3. The largest absolute Gasteiger partial charge is 0.344 e. The SMILES string of the molecule is CC#CC1=CCC2C3C(CC[C@]12C)[C@@]1(C)CC[C@H](N=[N+]=[N-])CC1[C@H]1OC(C)(C)O[C@H]31. The van der Waals surface area contributed by atoms with Crippen molar-refractivity contribution in [3.63, 3.8) is 0 Å². The Hall–Kier alpha value is -1.47. The molecule has 1 heterocycles. The van der Waals surface area contributed by atoms with Gasteiger partial charge in [-0.25, -0.2) is 0 Å². The highest BCUT2D eigenvalue weighted by molar-refractivity contribution is 5.40. The van der Waals surface area contributed by atoms with E-state index in [4.69, 9.17) is 15.0 Å². The molecule has 0 amide bonds. The summed E-state index contributed by atoms with van der Waals surface area (Å²) in [6, 6.07) is 0.0889. The van der Waals surface area contributed by atoms with Crippen molar-refractivity contribution in [3.8, 4) is 11.8 Å². The molecule has 4 unspecified atom stereocenters. The van der Waals surface area contributed by atoms with Crippen LogP contribution in [0.25, 0.3) is 10.4 Å². The molecule has 1 aliphatic heterocycles. The van der Waals surface area contributed by atoms with Crippen LogP contribution >= 0.6 is 0 Å². The molecule has 0 bridgehead atoms. The first-order valence-electron chi connectivity index (χ1n) is 11.8. The minimum Gasteiger partial charge on any atom is -0.344 e. The van der Waals surface area contributed by atoms with Crippen LogP contribution in [0.4, 0.5) is 0 Å². The van der Waals surface area contributed by atoms with Crippen LogP contribution in [0.15, 0.2) is 16.8 Å². The Morgan fingerprint density at radius 1 is 1.07 bits per heavy atom. The van der Waals surface area contributed by atoms with Crippen LogP contribution in [0.1, 0.15) is 73.1 Å². The summed E-state index contributed by atoms with van der Waals surface area (Å²) in [4.78, 5) is 3.13. The van der Waals surface area contributed by atoms with Gasteiger partial charge in [-0.1, -0.05) is 31.0 Å². The molecule has 5 rings (SSSR count). The summed E-state index contributed by atoms with van der Waals surface area (Å²) in [6.45, 7) is 11.0. The van der Waals surface area contributed by atoms with Crippen molar-refractivity contribution in [3.05, 3.63) is 22.1 Å². The number of rotatable bonds is 1. The summed E-state index contributed by atoms with van der Waals surface area (Å²) >= 11 is 0. The molecule has 0 aromatic carbocycles. The summed E-state index contributed by atoms with van der Waals surface area (Å²) in [5, 5.41) is 4.12. The Morgan fingerprint density at radius 2 is 1.83 bits per heavy atom. The molecule has 0 aromatic heterocycles. The minimum atomic E-state index is -0.553. The van der Waals surface area contributed by atoms with E-state index in [9.17, 15) is 0 Å². The fourth-order valence-electron chi connectivity index (χ4n) is 8.24. The average Bonchev–Trinajstić information content (AvgIpc) is 3.19. The van der Waals surface area contributed by atoms with Crippen molar-refractivity contribution >= 4 is 0 Å². The number of hydrogen-bond donors (Lipinski definition) is 0. The van der Waals surface area contributed by atoms with Gasteiger partial charge < -0.3 is 9.47 Å². The summed E-state index contributed by atoms with van der Waals surface area (Å²) in [6.07, 6.45) is 9.21. The van der Waals surface area contributed by atoms with E-state index >= 15 is 0 Å². The van der Waals surface area contributed by atoms with Crippen LogP contribution < -0.4 is 0 Å². The van der Waals surface area contributed by atoms with Gasteiger partial charge in [-0.05, 0) is 93.9 Å². The molecule has 9 atom stereocenters. The van der Waals surface area contributed by atoms with Crippen LogP contribution in [-0.4, -0.2) is 24.0 Å². The van der Waals surface area contributed by atoms with Gasteiger partial charge in [0.15, 0.2) is 5.79 Å². The molecular weight excluding hydrogens is 374 g/mol. The van der Waals surface area contributed by atoms with E-state index in [0.717, 1.165) is 25.7 Å². The predicted octanol–water partition coefficient (Wildman–Crippen LogP) is 6.01. The second-order valence-corrected chi connectivity index (χ2v) is 11.3. The van der Waals surface area contributed by atoms with E-state index in [2.05, 4.69) is 55.6 Å². The van der Waals surface area contributed by atoms with E-state index in [0.29, 0.717) is 23.7 Å². The summed E-state index contributed by atoms with van der Waals surface area (Å²) in [5.41, 5.74) is 10.8. The van der Waals surface area contributed by atoms with E-state index in [1.807, 2.05) is 6.92 Å². The molecule has 162 valence electrons. The minimum absolute atomic E-state index is 0.0889. The number of hydrogen-bond acceptors (Lipinski definition) is 3. The van der Waals surface area contributed by atoms with Gasteiger partial charge in [-0.2, -0.15) is 0 Å². The maximum Gasteiger partial charge on any atom is 0.163 e. The van der Waals surface area contributed by atoms with Crippen molar-refractivity contribution < 1.29 is 9.47 Å². The zero-order valence-electron chi connectivity index (χ0n) is 19.0. The van der Waals surface area contributed by atoms with Gasteiger partial charge in [0.1, 0.15) is 0 Å². The summed E-state index contributed by atoms with van der Waals surface area (Å²) in [7, 11) is 0. The fraction of sp³-hybridized carbons (Fsp3) is 0.840. The smallest absolute Gasteiger partial charge is 0.163 e. The van der Waals surface area contributed by atoms with Gasteiger partial charge in [-0.3, -0.25) is 0 Å². The molecule has 4 fully saturated rings. The van der Waals surface area contributed by atoms with Crippen LogP contribution in [0.2, 0.25) is 0 Å². The van der Waals surface area contributed by atoms with Gasteiger partial charge in [0.05, 0.1) is 12.2 Å². The first-order valence-corrected chi connectivity index (χ1v) is 11.8. The normalized spacial score (nSPS) is 50.6. The van der Waals surface area contributed by atoms with Crippen molar-refractivity contribution in [2.45, 2.75) is 97.2 Å². The highest BCUT2D eigenvalue weighted by atomic mass is 16.8. The Balaban J connectivity index is 1.56. The molecule has 5 aliphatic rings. The van der Waals surface area contributed by atoms with Crippen molar-refractivity contribution in [1.82, 2.24) is 0 Å². The van der Waals surface area contributed by atoms with Crippen LogP contribution in [0.3, 0.4) is 0 Å². The molecular formula is C25H35N3O2. The molecule has 4 aliphatic carbocycles. The van der Waals surface area contributed by atoms with Crippen LogP contribution in [0.5, 0.6) is 0 Å². The van der Waals surface area contributed by atoms with Crippen LogP contribution in [0, 0.1) is 46.3 Å². The monoisotopic (exact) mass is 409 g/mol. The van der Waals surface area contributed by atoms with E-state index in [1.54, 1.807) is 0 Å². The Labute approximate surface area is 180 Å². The number of nitrogens with zero attached hydrogens (tertiary/aromatic N) is 3. The Kier molecular flexibility index (Phi) is 4.61. The Bertz CT molecular complexity index is 879. The quantitative estimate of drug-likeness (QED) is 0.230. The highest BCUT2D eigenvalue weighted by Gasteiger charge is 2.67. The molecule has 0 aromatic rings. The third-order valence-corrected chi connectivity index (χ3v) is 9.56. The van der Waals surface area contributed by atoms with Crippen LogP contribution in [-0.2, 0) is 9.47 Å². The van der Waals surface area contributed by atoms with Crippen molar-refractivity contribution in [1.29, 1.82) is 0 Å². The lowest BCUT2D eigenvalue weighted by Crippen LogP contribution is -2.63. The number of fused-ring (bicyclic) bond motifs is 8. The standard InChI is InChI=1S/C25H35N3O2/c1-6-7-15-8-9-17-20-18(11-13-24(15,17)4)25(5)12-10-16(27-28-26)14-19(25)21-22(20)30-23(2,3)29-21/h8,16-22H,9-14H2,1-5H3/t16-,17?,18?,19?,20?,21+,22+,24+,25+/m0/s1. The first kappa shape index (κ1) is 20.4. The maximum absolute atomic E-state index is 9.02. The maximum atomic E-state index is 9.02. The molecule has 0 spiro atoms. The lowest BCUT2D eigenvalue weighted by atomic mass is 9.43. The molecule has 5 nitrogen and oxygen atoms in total. The number of ether oxygens (including phenoxy) is 2. The van der Waals surface area contributed by atoms with E-state index < -0.39 is 5.79 Å². The lowest BCUT2D eigenvalue weighted by Gasteiger charge is -2.63. The Morgan fingerprint density at radius 3 is 2.57 bits per heavy atom. The fourth-order valence-corrected chi connectivity index (χ4v) is 8.24. The van der Waals surface area contributed by atoms with E-state index in [-0.39, 0.29) is 29.1 Å². The van der Waals surface area contributed by atoms with Gasteiger partial charge in [0.25, 0.3) is 0 Å². The van der Waals surface area contributed by atoms with E-state index in [1.165, 1.54) is 18.4 Å². The first-order chi connectivity index (χ1) is 14.2. The molecule has 3 saturated carbocycles. The second-order valence-electron chi connectivity index (χ2n) is 11.3.